The molecule has 94 valence electrons. The van der Waals surface area contributed by atoms with Crippen molar-refractivity contribution in [1.82, 2.24) is 4.98 Å². The van der Waals surface area contributed by atoms with Crippen LogP contribution in [0.2, 0.25) is 0 Å². The second-order valence-electron chi connectivity index (χ2n) is 3.37. The number of aromatic nitrogens is 1. The molecule has 0 spiro atoms. The second kappa shape index (κ2) is 5.05. The Labute approximate surface area is 107 Å². The van der Waals surface area contributed by atoms with Gasteiger partial charge in [0.15, 0.2) is 5.76 Å². The Morgan fingerprint density at radius 2 is 2.33 bits per heavy atom. The highest BCUT2D eigenvalue weighted by atomic mass is 35.5. The zero-order valence-corrected chi connectivity index (χ0v) is 10.2. The third-order valence-corrected chi connectivity index (χ3v) is 2.56. The van der Waals surface area contributed by atoms with E-state index in [0.717, 1.165) is 0 Å². The van der Waals surface area contributed by atoms with Crippen LogP contribution in [0, 0.1) is 10.1 Å². The molecule has 0 atom stereocenters. The minimum Gasteiger partial charge on any atom is -0.490 e. The second-order valence-corrected chi connectivity index (χ2v) is 3.63. The molecule has 2 aromatic rings. The number of nitrogens with zero attached hydrogens (tertiary/aromatic N) is 2. The van der Waals surface area contributed by atoms with E-state index in [2.05, 4.69) is 4.98 Å². The number of rotatable bonds is 4. The zero-order valence-electron chi connectivity index (χ0n) is 9.42. The van der Waals surface area contributed by atoms with E-state index in [1.807, 2.05) is 0 Å². The van der Waals surface area contributed by atoms with Crippen LogP contribution < -0.4 is 4.74 Å². The number of nitro groups is 1. The highest BCUT2D eigenvalue weighted by molar-refractivity contribution is 6.16. The number of oxazole rings is 1. The number of benzene rings is 1. The van der Waals surface area contributed by atoms with Gasteiger partial charge in [0.2, 0.25) is 11.6 Å². The molecule has 0 aliphatic rings. The average Bonchev–Trinajstić information content (AvgIpc) is 2.86. The molecule has 0 N–H and O–H groups in total. The third-order valence-electron chi connectivity index (χ3n) is 2.33. The first-order valence-corrected chi connectivity index (χ1v) is 5.53. The number of methoxy groups -OCH3 is 1. The van der Waals surface area contributed by atoms with Crippen LogP contribution in [0.5, 0.6) is 5.75 Å². The van der Waals surface area contributed by atoms with Crippen LogP contribution in [0.25, 0.3) is 11.3 Å². The van der Waals surface area contributed by atoms with Crippen molar-refractivity contribution >= 4 is 17.3 Å². The van der Waals surface area contributed by atoms with Gasteiger partial charge in [-0.15, -0.1) is 11.6 Å². The van der Waals surface area contributed by atoms with E-state index < -0.39 is 4.92 Å². The quantitative estimate of drug-likeness (QED) is 0.484. The SMILES string of the molecule is COc1c(-c2cnc(CCl)o2)cccc1[N+](=O)[O-]. The molecule has 7 heteroatoms. The molecule has 2 rings (SSSR count). The number of hydrogen-bond acceptors (Lipinski definition) is 5. The summed E-state index contributed by atoms with van der Waals surface area (Å²) in [6.45, 7) is 0. The molecule has 0 radical (unpaired) electrons. The molecule has 1 heterocycles. The van der Waals surface area contributed by atoms with Crippen LogP contribution in [-0.4, -0.2) is 17.0 Å². The van der Waals surface area contributed by atoms with E-state index in [1.165, 1.54) is 19.4 Å². The highest BCUT2D eigenvalue weighted by Crippen LogP contribution is 2.37. The number of nitro benzene ring substituents is 1. The maximum absolute atomic E-state index is 10.9. The van der Waals surface area contributed by atoms with Crippen LogP contribution in [0.4, 0.5) is 5.69 Å². The molecule has 0 amide bonds. The molecule has 0 saturated carbocycles. The molecular formula is C11H9ClN2O4. The lowest BCUT2D eigenvalue weighted by molar-refractivity contribution is -0.385. The normalized spacial score (nSPS) is 10.3. The summed E-state index contributed by atoms with van der Waals surface area (Å²) in [6.07, 6.45) is 1.46. The molecule has 0 aliphatic carbocycles. The fourth-order valence-corrected chi connectivity index (χ4v) is 1.70. The Morgan fingerprint density at radius 3 is 2.89 bits per heavy atom. The van der Waals surface area contributed by atoms with Crippen molar-refractivity contribution in [2.45, 2.75) is 5.88 Å². The molecule has 18 heavy (non-hydrogen) atoms. The maximum Gasteiger partial charge on any atom is 0.311 e. The van der Waals surface area contributed by atoms with E-state index in [4.69, 9.17) is 20.8 Å². The zero-order chi connectivity index (χ0) is 13.1. The molecule has 1 aromatic carbocycles. The first-order valence-electron chi connectivity index (χ1n) is 4.99. The Kier molecular flexibility index (Phi) is 3.47. The summed E-state index contributed by atoms with van der Waals surface area (Å²) >= 11 is 5.59. The van der Waals surface area contributed by atoms with Crippen LogP contribution in [0.1, 0.15) is 5.89 Å². The molecule has 0 unspecified atom stereocenters. The van der Waals surface area contributed by atoms with Crippen molar-refractivity contribution in [2.75, 3.05) is 7.11 Å². The van der Waals surface area contributed by atoms with E-state index in [0.29, 0.717) is 17.2 Å². The molecule has 6 nitrogen and oxygen atoms in total. The van der Waals surface area contributed by atoms with Crippen LogP contribution >= 0.6 is 11.6 Å². The molecule has 0 bridgehead atoms. The first kappa shape index (κ1) is 12.4. The van der Waals surface area contributed by atoms with Crippen molar-refractivity contribution in [3.8, 4) is 17.1 Å². The van der Waals surface area contributed by atoms with Crippen molar-refractivity contribution in [3.05, 3.63) is 40.4 Å². The molecular weight excluding hydrogens is 260 g/mol. The average molecular weight is 269 g/mol. The topological polar surface area (TPSA) is 78.4 Å². The van der Waals surface area contributed by atoms with Crippen LogP contribution in [0.15, 0.2) is 28.8 Å². The summed E-state index contributed by atoms with van der Waals surface area (Å²) in [5.41, 5.74) is 0.342. The summed E-state index contributed by atoms with van der Waals surface area (Å²) in [4.78, 5) is 14.3. The van der Waals surface area contributed by atoms with Gasteiger partial charge in [0.1, 0.15) is 0 Å². The van der Waals surface area contributed by atoms with Crippen molar-refractivity contribution in [1.29, 1.82) is 0 Å². The number of alkyl halides is 1. The fraction of sp³-hybridized carbons (Fsp3) is 0.182. The number of hydrogen-bond donors (Lipinski definition) is 0. The van der Waals surface area contributed by atoms with Crippen LogP contribution in [0.3, 0.4) is 0 Å². The summed E-state index contributed by atoms with van der Waals surface area (Å²) in [5, 5.41) is 10.9. The predicted molar refractivity (Wildman–Crippen MR) is 64.7 cm³/mol. The van der Waals surface area contributed by atoms with E-state index in [-0.39, 0.29) is 17.3 Å². The minimum atomic E-state index is -0.513. The highest BCUT2D eigenvalue weighted by Gasteiger charge is 2.21. The Morgan fingerprint density at radius 1 is 1.56 bits per heavy atom. The molecule has 0 saturated heterocycles. The summed E-state index contributed by atoms with van der Waals surface area (Å²) in [7, 11) is 1.37. The Balaban J connectivity index is 2.56. The van der Waals surface area contributed by atoms with Crippen molar-refractivity contribution < 1.29 is 14.1 Å². The lowest BCUT2D eigenvalue weighted by Gasteiger charge is -2.05. The largest absolute Gasteiger partial charge is 0.490 e. The van der Waals surface area contributed by atoms with Gasteiger partial charge in [0, 0.05) is 6.07 Å². The van der Waals surface area contributed by atoms with Crippen molar-refractivity contribution in [3.63, 3.8) is 0 Å². The van der Waals surface area contributed by atoms with Gasteiger partial charge < -0.3 is 9.15 Å². The number of ether oxygens (including phenoxy) is 1. The summed E-state index contributed by atoms with van der Waals surface area (Å²) in [5.74, 6) is 1.00. The number of para-hydroxylation sites is 1. The molecule has 0 fully saturated rings. The van der Waals surface area contributed by atoms with Gasteiger partial charge in [-0.3, -0.25) is 10.1 Å². The Bertz CT molecular complexity index is 582. The predicted octanol–water partition coefficient (Wildman–Crippen LogP) is 3.00. The van der Waals surface area contributed by atoms with Crippen molar-refractivity contribution in [2.24, 2.45) is 0 Å². The van der Waals surface area contributed by atoms with Gasteiger partial charge in [0.05, 0.1) is 29.7 Å². The number of halogens is 1. The summed E-state index contributed by atoms with van der Waals surface area (Å²) < 4.78 is 10.4. The van der Waals surface area contributed by atoms with E-state index in [1.54, 1.807) is 12.1 Å². The van der Waals surface area contributed by atoms with Gasteiger partial charge in [-0.2, -0.15) is 0 Å². The first-order chi connectivity index (χ1) is 8.67. The fourth-order valence-electron chi connectivity index (χ4n) is 1.57. The van der Waals surface area contributed by atoms with Gasteiger partial charge in [-0.1, -0.05) is 6.07 Å². The van der Waals surface area contributed by atoms with Gasteiger partial charge in [-0.05, 0) is 6.07 Å². The standard InChI is InChI=1S/C11H9ClN2O4/c1-17-11-7(3-2-4-8(11)14(15)16)9-6-13-10(5-12)18-9/h2-4,6H,5H2,1H3. The molecule has 0 aliphatic heterocycles. The smallest absolute Gasteiger partial charge is 0.311 e. The van der Waals surface area contributed by atoms with E-state index >= 15 is 0 Å². The van der Waals surface area contributed by atoms with Gasteiger partial charge in [0.25, 0.3) is 0 Å². The lowest BCUT2D eigenvalue weighted by Crippen LogP contribution is -1.95. The van der Waals surface area contributed by atoms with Gasteiger partial charge >= 0.3 is 5.69 Å². The Hall–Kier alpha value is -2.08. The summed E-state index contributed by atoms with van der Waals surface area (Å²) in [6, 6.07) is 4.57. The lowest BCUT2D eigenvalue weighted by atomic mass is 10.1. The maximum atomic E-state index is 10.9. The van der Waals surface area contributed by atoms with Gasteiger partial charge in [-0.25, -0.2) is 4.98 Å². The minimum absolute atomic E-state index is 0.126. The monoisotopic (exact) mass is 268 g/mol. The van der Waals surface area contributed by atoms with E-state index in [9.17, 15) is 10.1 Å². The third kappa shape index (κ3) is 2.14. The molecule has 1 aromatic heterocycles. The van der Waals surface area contributed by atoms with Crippen LogP contribution in [-0.2, 0) is 5.88 Å².